The molecule has 3 rings (SSSR count). The zero-order chi connectivity index (χ0) is 17.0. The highest BCUT2D eigenvalue weighted by molar-refractivity contribution is 7.97. The van der Waals surface area contributed by atoms with Gasteiger partial charge in [-0.25, -0.2) is 0 Å². The second kappa shape index (κ2) is 7.91. The van der Waals surface area contributed by atoms with Gasteiger partial charge in [0, 0.05) is 13.1 Å². The quantitative estimate of drug-likeness (QED) is 0.863. The van der Waals surface area contributed by atoms with E-state index in [0.717, 1.165) is 24.6 Å². The van der Waals surface area contributed by atoms with Crippen molar-refractivity contribution in [1.29, 1.82) is 0 Å². The average Bonchev–Trinajstić information content (AvgIpc) is 3.18. The van der Waals surface area contributed by atoms with Crippen LogP contribution in [0.25, 0.3) is 0 Å². The van der Waals surface area contributed by atoms with Gasteiger partial charge in [-0.2, -0.15) is 11.8 Å². The Bertz CT molecular complexity index is 559. The molecule has 0 spiro atoms. The molecule has 0 bridgehead atoms. The lowest BCUT2D eigenvalue weighted by Gasteiger charge is -2.33. The van der Waals surface area contributed by atoms with Gasteiger partial charge >= 0.3 is 0 Å². The Hall–Kier alpha value is -1.02. The first kappa shape index (κ1) is 17.8. The number of nitrogens with zero attached hydrogens (tertiary/aromatic N) is 2. The summed E-state index contributed by atoms with van der Waals surface area (Å²) in [6.45, 7) is 4.02. The summed E-state index contributed by atoms with van der Waals surface area (Å²) in [5.74, 6) is 1.70. The van der Waals surface area contributed by atoms with Crippen molar-refractivity contribution in [3.63, 3.8) is 0 Å². The zero-order valence-electron chi connectivity index (χ0n) is 14.2. The van der Waals surface area contributed by atoms with E-state index in [4.69, 9.17) is 9.15 Å². The van der Waals surface area contributed by atoms with Gasteiger partial charge in [-0.3, -0.25) is 4.79 Å². The van der Waals surface area contributed by atoms with Crippen LogP contribution >= 0.6 is 11.8 Å². The topological polar surface area (TPSA) is 66.2 Å². The first-order valence-electron chi connectivity index (χ1n) is 8.49. The summed E-state index contributed by atoms with van der Waals surface area (Å²) in [5.41, 5.74) is -1.02. The minimum atomic E-state index is -1.02. The van der Waals surface area contributed by atoms with Crippen molar-refractivity contribution < 1.29 is 19.1 Å². The second-order valence-electron chi connectivity index (χ2n) is 6.69. The number of carbonyl (C=O) groups excluding carboxylic acids is 1. The number of likely N-dealkylation sites (tertiary alicyclic amines) is 1. The number of ether oxygens (including phenoxy) is 1. The van der Waals surface area contributed by atoms with Crippen LogP contribution in [0.15, 0.2) is 16.5 Å². The summed E-state index contributed by atoms with van der Waals surface area (Å²) in [5, 5.41) is 11.0. The Balaban J connectivity index is 1.67. The molecule has 0 radical (unpaired) electrons. The van der Waals surface area contributed by atoms with Crippen molar-refractivity contribution in [2.45, 2.75) is 24.2 Å². The summed E-state index contributed by atoms with van der Waals surface area (Å²) in [6, 6.07) is 3.56. The third kappa shape index (κ3) is 4.33. The highest BCUT2D eigenvalue weighted by atomic mass is 32.2. The number of aliphatic hydroxyl groups is 1. The predicted octanol–water partition coefficient (Wildman–Crippen LogP) is 1.44. The normalized spacial score (nSPS) is 25.8. The van der Waals surface area contributed by atoms with E-state index >= 15 is 0 Å². The monoisotopic (exact) mass is 354 g/mol. The molecule has 2 aliphatic rings. The molecule has 2 saturated heterocycles. The van der Waals surface area contributed by atoms with E-state index in [1.165, 1.54) is 12.8 Å². The molecule has 24 heavy (non-hydrogen) atoms. The van der Waals surface area contributed by atoms with Crippen LogP contribution in [-0.2, 0) is 10.5 Å². The lowest BCUT2D eigenvalue weighted by molar-refractivity contribution is -0.0525. The molecule has 1 aromatic heterocycles. The largest absolute Gasteiger partial charge is 0.455 e. The number of hydrogen-bond acceptors (Lipinski definition) is 6. The fraction of sp³-hybridized carbons (Fsp3) is 0.706. The van der Waals surface area contributed by atoms with E-state index in [0.29, 0.717) is 25.5 Å². The number of amides is 1. The Morgan fingerprint density at radius 3 is 2.88 bits per heavy atom. The molecule has 0 aliphatic carbocycles. The van der Waals surface area contributed by atoms with Crippen LogP contribution in [0.2, 0.25) is 0 Å². The molecule has 6 nitrogen and oxygen atoms in total. The molecular formula is C17H26N2O4S. The van der Waals surface area contributed by atoms with Gasteiger partial charge in [0.05, 0.1) is 25.5 Å². The maximum atomic E-state index is 12.7. The van der Waals surface area contributed by atoms with Crippen LogP contribution in [-0.4, -0.2) is 78.6 Å². The van der Waals surface area contributed by atoms with Gasteiger partial charge in [0.2, 0.25) is 0 Å². The fourth-order valence-electron chi connectivity index (χ4n) is 3.41. The van der Waals surface area contributed by atoms with Crippen LogP contribution in [0.4, 0.5) is 0 Å². The molecule has 7 heteroatoms. The number of hydrogen-bond donors (Lipinski definition) is 1. The summed E-state index contributed by atoms with van der Waals surface area (Å²) in [4.78, 5) is 16.6. The maximum Gasteiger partial charge on any atom is 0.289 e. The van der Waals surface area contributed by atoms with E-state index in [2.05, 4.69) is 4.90 Å². The van der Waals surface area contributed by atoms with E-state index in [1.807, 2.05) is 12.3 Å². The summed E-state index contributed by atoms with van der Waals surface area (Å²) in [7, 11) is 0. The van der Waals surface area contributed by atoms with E-state index in [9.17, 15) is 9.90 Å². The van der Waals surface area contributed by atoms with Gasteiger partial charge in [-0.15, -0.1) is 0 Å². The van der Waals surface area contributed by atoms with Gasteiger partial charge in [-0.1, -0.05) is 0 Å². The molecule has 2 aliphatic heterocycles. The van der Waals surface area contributed by atoms with Crippen LogP contribution in [0.1, 0.15) is 29.2 Å². The lowest BCUT2D eigenvalue weighted by Crippen LogP contribution is -2.52. The maximum absolute atomic E-state index is 12.7. The number of thioether (sulfide) groups is 1. The number of carbonyl (C=O) groups is 1. The molecule has 3 heterocycles. The molecule has 1 N–H and O–H groups in total. The van der Waals surface area contributed by atoms with E-state index in [1.54, 1.807) is 22.7 Å². The first-order valence-corrected chi connectivity index (χ1v) is 9.88. The highest BCUT2D eigenvalue weighted by Gasteiger charge is 2.37. The SMILES string of the molecule is CSCc1ccc(C(=O)N2CCOCC(O)(CN3CCCC3)C2)o1. The number of furan rings is 1. The zero-order valence-corrected chi connectivity index (χ0v) is 15.0. The molecule has 1 aromatic rings. The van der Waals surface area contributed by atoms with Crippen LogP contribution in [0.5, 0.6) is 0 Å². The Morgan fingerprint density at radius 2 is 2.12 bits per heavy atom. The molecule has 0 saturated carbocycles. The Kier molecular flexibility index (Phi) is 5.86. The predicted molar refractivity (Wildman–Crippen MR) is 93.3 cm³/mol. The van der Waals surface area contributed by atoms with E-state index < -0.39 is 5.60 Å². The Labute approximate surface area is 147 Å². The van der Waals surface area contributed by atoms with Crippen LogP contribution < -0.4 is 0 Å². The minimum absolute atomic E-state index is 0.173. The minimum Gasteiger partial charge on any atom is -0.455 e. The molecule has 134 valence electrons. The third-order valence-electron chi connectivity index (χ3n) is 4.52. The molecule has 1 amide bonds. The highest BCUT2D eigenvalue weighted by Crippen LogP contribution is 2.21. The number of β-amino-alcohol motifs (C(OH)–C–C–N with tert-alkyl or cyclic N) is 1. The van der Waals surface area contributed by atoms with Gasteiger partial charge < -0.3 is 24.1 Å². The summed E-state index contributed by atoms with van der Waals surface area (Å²) in [6.07, 6.45) is 4.34. The summed E-state index contributed by atoms with van der Waals surface area (Å²) < 4.78 is 11.2. The van der Waals surface area contributed by atoms with Gasteiger partial charge in [0.25, 0.3) is 5.91 Å². The van der Waals surface area contributed by atoms with Gasteiger partial charge in [0.1, 0.15) is 11.4 Å². The van der Waals surface area contributed by atoms with Gasteiger partial charge in [0.15, 0.2) is 5.76 Å². The fourth-order valence-corrected chi connectivity index (χ4v) is 3.85. The van der Waals surface area contributed by atoms with Crippen molar-refractivity contribution in [2.75, 3.05) is 52.2 Å². The molecule has 1 atom stereocenters. The molecule has 1 unspecified atom stereocenters. The van der Waals surface area contributed by atoms with Gasteiger partial charge in [-0.05, 0) is 44.3 Å². The van der Waals surface area contributed by atoms with Crippen molar-refractivity contribution in [3.8, 4) is 0 Å². The van der Waals surface area contributed by atoms with Crippen LogP contribution in [0, 0.1) is 0 Å². The molecular weight excluding hydrogens is 328 g/mol. The van der Waals surface area contributed by atoms with Crippen molar-refractivity contribution in [3.05, 3.63) is 23.7 Å². The average molecular weight is 354 g/mol. The van der Waals surface area contributed by atoms with Crippen molar-refractivity contribution >= 4 is 17.7 Å². The standard InChI is InChI=1S/C17H26N2O4S/c1-24-10-14-4-5-15(23-14)16(20)19-8-9-22-13-17(21,12-19)11-18-6-2-3-7-18/h4-5,21H,2-3,6-13H2,1H3. The van der Waals surface area contributed by atoms with Crippen molar-refractivity contribution in [1.82, 2.24) is 9.80 Å². The first-order chi connectivity index (χ1) is 11.6. The molecule has 0 aromatic carbocycles. The molecule has 2 fully saturated rings. The Morgan fingerprint density at radius 1 is 1.33 bits per heavy atom. The number of rotatable bonds is 5. The van der Waals surface area contributed by atoms with Crippen LogP contribution in [0.3, 0.4) is 0 Å². The second-order valence-corrected chi connectivity index (χ2v) is 7.55. The summed E-state index contributed by atoms with van der Waals surface area (Å²) >= 11 is 1.65. The third-order valence-corrected chi connectivity index (χ3v) is 5.10. The van der Waals surface area contributed by atoms with E-state index in [-0.39, 0.29) is 19.1 Å². The van der Waals surface area contributed by atoms with Crippen molar-refractivity contribution in [2.24, 2.45) is 0 Å². The smallest absolute Gasteiger partial charge is 0.289 e. The lowest BCUT2D eigenvalue weighted by atomic mass is 10.0.